The van der Waals surface area contributed by atoms with Crippen molar-refractivity contribution < 1.29 is 0 Å². The summed E-state index contributed by atoms with van der Waals surface area (Å²) in [7, 11) is 1.94. The second-order valence-corrected chi connectivity index (χ2v) is 5.83. The number of hydrogen-bond donors (Lipinski definition) is 1. The zero-order valence-corrected chi connectivity index (χ0v) is 12.1. The molecule has 102 valence electrons. The van der Waals surface area contributed by atoms with Crippen LogP contribution in [0.2, 0.25) is 0 Å². The van der Waals surface area contributed by atoms with Crippen molar-refractivity contribution in [3.05, 3.63) is 35.7 Å². The van der Waals surface area contributed by atoms with E-state index in [1.54, 1.807) is 0 Å². The molecule has 1 heterocycles. The lowest BCUT2D eigenvalue weighted by Gasteiger charge is -2.12. The second-order valence-electron chi connectivity index (χ2n) is 5.83. The van der Waals surface area contributed by atoms with Gasteiger partial charge in [-0.05, 0) is 18.5 Å². The van der Waals surface area contributed by atoms with E-state index in [0.29, 0.717) is 6.54 Å². The third-order valence-electron chi connectivity index (χ3n) is 3.11. The van der Waals surface area contributed by atoms with Crippen molar-refractivity contribution in [1.82, 2.24) is 14.8 Å². The number of rotatable bonds is 3. The molecule has 0 atom stereocenters. The maximum atomic E-state index is 5.68. The van der Waals surface area contributed by atoms with E-state index in [9.17, 15) is 0 Å². The van der Waals surface area contributed by atoms with E-state index in [4.69, 9.17) is 10.7 Å². The summed E-state index contributed by atoms with van der Waals surface area (Å²) in [5.41, 5.74) is 7.98. The molecular weight excluding hydrogens is 236 g/mol. The highest BCUT2D eigenvalue weighted by Gasteiger charge is 2.22. The summed E-state index contributed by atoms with van der Waals surface area (Å²) in [5.74, 6) is 1.78. The van der Waals surface area contributed by atoms with Gasteiger partial charge in [-0.25, -0.2) is 9.67 Å². The van der Waals surface area contributed by atoms with Gasteiger partial charge in [0.2, 0.25) is 0 Å². The number of benzene rings is 1. The van der Waals surface area contributed by atoms with Crippen molar-refractivity contribution in [3.63, 3.8) is 0 Å². The van der Waals surface area contributed by atoms with Gasteiger partial charge in [0.25, 0.3) is 0 Å². The molecule has 4 nitrogen and oxygen atoms in total. The molecule has 19 heavy (non-hydrogen) atoms. The predicted octanol–water partition coefficient (Wildman–Crippen LogP) is 2.28. The molecule has 1 aromatic heterocycles. The minimum absolute atomic E-state index is 0.0428. The Morgan fingerprint density at radius 1 is 1.21 bits per heavy atom. The fraction of sp³-hybridized carbons (Fsp3) is 0.467. The third-order valence-corrected chi connectivity index (χ3v) is 3.11. The van der Waals surface area contributed by atoms with E-state index in [-0.39, 0.29) is 5.41 Å². The number of hydrogen-bond acceptors (Lipinski definition) is 3. The van der Waals surface area contributed by atoms with E-state index in [1.807, 2.05) is 23.9 Å². The fourth-order valence-electron chi connectivity index (χ4n) is 2.05. The van der Waals surface area contributed by atoms with Crippen molar-refractivity contribution in [2.24, 2.45) is 12.8 Å². The zero-order chi connectivity index (χ0) is 14.0. The second kappa shape index (κ2) is 5.13. The Hall–Kier alpha value is -1.68. The molecule has 0 amide bonds. The van der Waals surface area contributed by atoms with Crippen LogP contribution in [0, 0.1) is 0 Å². The first kappa shape index (κ1) is 13.7. The van der Waals surface area contributed by atoms with Crippen LogP contribution in [0.1, 0.15) is 32.2 Å². The van der Waals surface area contributed by atoms with Crippen LogP contribution in [0.25, 0.3) is 11.4 Å². The van der Waals surface area contributed by atoms with Crippen LogP contribution in [0.15, 0.2) is 24.3 Å². The van der Waals surface area contributed by atoms with Crippen LogP contribution in [-0.4, -0.2) is 21.3 Å². The summed E-state index contributed by atoms with van der Waals surface area (Å²) in [6.07, 6.45) is 0.855. The van der Waals surface area contributed by atoms with Gasteiger partial charge in [0.05, 0.1) is 0 Å². The maximum Gasteiger partial charge on any atom is 0.158 e. The first-order valence-corrected chi connectivity index (χ1v) is 6.63. The highest BCUT2D eigenvalue weighted by Crippen LogP contribution is 2.25. The first-order valence-electron chi connectivity index (χ1n) is 6.63. The summed E-state index contributed by atoms with van der Waals surface area (Å²) >= 11 is 0. The summed E-state index contributed by atoms with van der Waals surface area (Å²) in [5, 5.41) is 4.53. The molecule has 0 unspecified atom stereocenters. The van der Waals surface area contributed by atoms with Gasteiger partial charge in [0, 0.05) is 18.0 Å². The lowest BCUT2D eigenvalue weighted by molar-refractivity contribution is 0.538. The van der Waals surface area contributed by atoms with E-state index >= 15 is 0 Å². The monoisotopic (exact) mass is 258 g/mol. The molecule has 0 aliphatic carbocycles. The van der Waals surface area contributed by atoms with Crippen molar-refractivity contribution in [2.45, 2.75) is 32.6 Å². The normalized spacial score (nSPS) is 11.8. The topological polar surface area (TPSA) is 56.7 Å². The molecular formula is C15H22N4. The van der Waals surface area contributed by atoms with Crippen molar-refractivity contribution >= 4 is 0 Å². The Kier molecular flexibility index (Phi) is 3.71. The van der Waals surface area contributed by atoms with Crippen LogP contribution in [0.3, 0.4) is 0 Å². The van der Waals surface area contributed by atoms with Crippen LogP contribution >= 0.6 is 0 Å². The van der Waals surface area contributed by atoms with Gasteiger partial charge >= 0.3 is 0 Å². The average molecular weight is 258 g/mol. The standard InChI is InChI=1S/C15H22N4/c1-15(2,3)14-17-13(19(4)18-14)12-8-6-5-7-11(12)9-10-16/h5-8H,9-10,16H2,1-4H3. The van der Waals surface area contributed by atoms with Crippen LogP contribution < -0.4 is 5.73 Å². The van der Waals surface area contributed by atoms with E-state index in [2.05, 4.69) is 38.0 Å². The summed E-state index contributed by atoms with van der Waals surface area (Å²) in [6, 6.07) is 8.26. The van der Waals surface area contributed by atoms with Gasteiger partial charge in [0.15, 0.2) is 11.6 Å². The third kappa shape index (κ3) is 2.84. The maximum absolute atomic E-state index is 5.68. The molecule has 1 aromatic carbocycles. The largest absolute Gasteiger partial charge is 0.330 e. The summed E-state index contributed by atoms with van der Waals surface area (Å²) < 4.78 is 1.86. The molecule has 0 radical (unpaired) electrons. The Morgan fingerprint density at radius 3 is 2.47 bits per heavy atom. The fourth-order valence-corrected chi connectivity index (χ4v) is 2.05. The van der Waals surface area contributed by atoms with E-state index in [0.717, 1.165) is 23.6 Å². The molecule has 0 fully saturated rings. The van der Waals surface area contributed by atoms with Crippen molar-refractivity contribution in [2.75, 3.05) is 6.54 Å². The summed E-state index contributed by atoms with van der Waals surface area (Å²) in [6.45, 7) is 7.01. The highest BCUT2D eigenvalue weighted by atomic mass is 15.3. The highest BCUT2D eigenvalue weighted by molar-refractivity contribution is 5.60. The van der Waals surface area contributed by atoms with Crippen molar-refractivity contribution in [1.29, 1.82) is 0 Å². The van der Waals surface area contributed by atoms with Gasteiger partial charge in [-0.2, -0.15) is 5.10 Å². The molecule has 2 N–H and O–H groups in total. The van der Waals surface area contributed by atoms with Crippen LogP contribution in [-0.2, 0) is 18.9 Å². The van der Waals surface area contributed by atoms with Crippen molar-refractivity contribution in [3.8, 4) is 11.4 Å². The van der Waals surface area contributed by atoms with Gasteiger partial charge in [-0.3, -0.25) is 0 Å². The molecule has 4 heteroatoms. The quantitative estimate of drug-likeness (QED) is 0.919. The first-order chi connectivity index (χ1) is 8.93. The van der Waals surface area contributed by atoms with Crippen LogP contribution in [0.4, 0.5) is 0 Å². The Balaban J connectivity index is 2.50. The SMILES string of the molecule is Cn1nc(C(C)(C)C)nc1-c1ccccc1CCN. The van der Waals surface area contributed by atoms with Gasteiger partial charge in [-0.15, -0.1) is 0 Å². The predicted molar refractivity (Wildman–Crippen MR) is 77.9 cm³/mol. The van der Waals surface area contributed by atoms with E-state index < -0.39 is 0 Å². The number of nitrogens with zero attached hydrogens (tertiary/aromatic N) is 3. The molecule has 0 bridgehead atoms. The minimum Gasteiger partial charge on any atom is -0.330 e. The number of aromatic nitrogens is 3. The lowest BCUT2D eigenvalue weighted by atomic mass is 9.96. The molecule has 0 spiro atoms. The molecule has 2 rings (SSSR count). The molecule has 0 aliphatic rings. The molecule has 0 saturated carbocycles. The Bertz CT molecular complexity index is 564. The molecule has 0 aliphatic heterocycles. The minimum atomic E-state index is -0.0428. The van der Waals surface area contributed by atoms with Gasteiger partial charge in [-0.1, -0.05) is 45.0 Å². The molecule has 0 saturated heterocycles. The van der Waals surface area contributed by atoms with Gasteiger partial charge < -0.3 is 5.73 Å². The van der Waals surface area contributed by atoms with Gasteiger partial charge in [0.1, 0.15) is 0 Å². The zero-order valence-electron chi connectivity index (χ0n) is 12.1. The lowest BCUT2D eigenvalue weighted by Crippen LogP contribution is -2.13. The number of aryl methyl sites for hydroxylation is 1. The van der Waals surface area contributed by atoms with Crippen LogP contribution in [0.5, 0.6) is 0 Å². The Morgan fingerprint density at radius 2 is 1.89 bits per heavy atom. The van der Waals surface area contributed by atoms with E-state index in [1.165, 1.54) is 5.56 Å². The number of nitrogens with two attached hydrogens (primary N) is 1. The summed E-state index contributed by atoms with van der Waals surface area (Å²) in [4.78, 5) is 4.71. The smallest absolute Gasteiger partial charge is 0.158 e. The molecule has 2 aromatic rings. The average Bonchev–Trinajstić information content (AvgIpc) is 2.72. The Labute approximate surface area is 114 Å².